The van der Waals surface area contributed by atoms with Crippen molar-refractivity contribution in [1.82, 2.24) is 4.98 Å². The van der Waals surface area contributed by atoms with Gasteiger partial charge < -0.3 is 20.4 Å². The third-order valence-electron chi connectivity index (χ3n) is 3.63. The molecule has 5 N–H and O–H groups in total. The summed E-state index contributed by atoms with van der Waals surface area (Å²) in [5.74, 6) is -0.777. The minimum atomic E-state index is -1.31. The molecule has 0 amide bonds. The summed E-state index contributed by atoms with van der Waals surface area (Å²) in [4.78, 5) is 13.6. The number of aromatic nitrogens is 1. The molecule has 1 aromatic heterocycles. The van der Waals surface area contributed by atoms with Crippen LogP contribution in [0.4, 0.5) is 11.5 Å². The molecule has 8 heteroatoms. The van der Waals surface area contributed by atoms with Gasteiger partial charge in [0.1, 0.15) is 0 Å². The predicted molar refractivity (Wildman–Crippen MR) is 86.2 cm³/mol. The van der Waals surface area contributed by atoms with Crippen molar-refractivity contribution in [3.8, 4) is 33.9 Å². The van der Waals surface area contributed by atoms with Gasteiger partial charge in [0.15, 0.2) is 17.4 Å². The number of hydrogen-bond donors (Lipinski definition) is 5. The molecule has 3 aromatic rings. The molecular formula is C16H13N3O5. The van der Waals surface area contributed by atoms with E-state index < -0.39 is 11.0 Å². The van der Waals surface area contributed by atoms with E-state index in [1.165, 1.54) is 18.2 Å². The smallest absolute Gasteiger partial charge is 0.206 e. The zero-order valence-electron chi connectivity index (χ0n) is 12.2. The Morgan fingerprint density at radius 1 is 1.00 bits per heavy atom. The number of aromatic amines is 1. The van der Waals surface area contributed by atoms with E-state index in [1.807, 2.05) is 0 Å². The van der Waals surface area contributed by atoms with Crippen molar-refractivity contribution in [1.29, 1.82) is 0 Å². The maximum atomic E-state index is 11.2. The maximum Gasteiger partial charge on any atom is 0.206 e. The number of nitroso groups, excluding NO2 is 1. The molecule has 0 saturated heterocycles. The summed E-state index contributed by atoms with van der Waals surface area (Å²) in [6, 6.07) is 12.7. The van der Waals surface area contributed by atoms with E-state index in [4.69, 9.17) is 5.21 Å². The Bertz CT molecular complexity index is 890. The Kier molecular flexibility index (Phi) is 4.00. The molecule has 1 heterocycles. The SMILES string of the molecule is O=Nc1[nH]c(O)c(-c2ccc(O)c([NH+]([O-])O)c2)c1-c1ccccc1. The number of phenols is 1. The average Bonchev–Trinajstić information content (AvgIpc) is 2.92. The number of aromatic hydroxyl groups is 2. The minimum Gasteiger partial charge on any atom is -0.595 e. The fourth-order valence-corrected chi connectivity index (χ4v) is 2.57. The molecule has 0 bridgehead atoms. The van der Waals surface area contributed by atoms with Gasteiger partial charge in [-0.25, -0.2) is 5.21 Å². The van der Waals surface area contributed by atoms with Gasteiger partial charge in [-0.3, -0.25) is 0 Å². The van der Waals surface area contributed by atoms with Gasteiger partial charge in [-0.1, -0.05) is 36.4 Å². The second kappa shape index (κ2) is 6.13. The van der Waals surface area contributed by atoms with E-state index in [2.05, 4.69) is 10.2 Å². The predicted octanol–water partition coefficient (Wildman–Crippen LogP) is 2.56. The van der Waals surface area contributed by atoms with Gasteiger partial charge in [0, 0.05) is 11.6 Å². The number of benzene rings is 2. The van der Waals surface area contributed by atoms with Gasteiger partial charge in [-0.2, -0.15) is 5.23 Å². The lowest BCUT2D eigenvalue weighted by Gasteiger charge is -2.14. The molecule has 24 heavy (non-hydrogen) atoms. The monoisotopic (exact) mass is 327 g/mol. The van der Waals surface area contributed by atoms with Crippen molar-refractivity contribution in [2.75, 3.05) is 0 Å². The largest absolute Gasteiger partial charge is 0.595 e. The maximum absolute atomic E-state index is 11.2. The van der Waals surface area contributed by atoms with E-state index in [-0.39, 0.29) is 22.9 Å². The standard InChI is InChI=1S/C16H13N3O5/c20-12-7-6-10(8-11(12)19(23)24)14-13(9-4-2-1-3-5-9)15(18-22)17-16(14)21/h1-8,17,19-21,23H. The van der Waals surface area contributed by atoms with E-state index in [1.54, 1.807) is 30.3 Å². The first-order valence-electron chi connectivity index (χ1n) is 6.93. The molecule has 3 rings (SSSR count). The number of nitrogens with zero attached hydrogens (tertiary/aromatic N) is 1. The van der Waals surface area contributed by atoms with Crippen LogP contribution in [-0.2, 0) is 0 Å². The van der Waals surface area contributed by atoms with Crippen LogP contribution in [0.2, 0.25) is 0 Å². The van der Waals surface area contributed by atoms with E-state index >= 15 is 0 Å². The average molecular weight is 327 g/mol. The van der Waals surface area contributed by atoms with Crippen molar-refractivity contribution in [3.05, 3.63) is 58.6 Å². The van der Waals surface area contributed by atoms with Crippen LogP contribution in [0.3, 0.4) is 0 Å². The normalized spacial score (nSPS) is 12.1. The number of phenolic OH excluding ortho intramolecular Hbond substituents is 1. The zero-order valence-corrected chi connectivity index (χ0v) is 12.2. The lowest BCUT2D eigenvalue weighted by atomic mass is 9.97. The summed E-state index contributed by atoms with van der Waals surface area (Å²) in [6.07, 6.45) is 0. The molecule has 0 saturated carbocycles. The van der Waals surface area contributed by atoms with Crippen LogP contribution < -0.4 is 5.23 Å². The number of rotatable bonds is 4. The van der Waals surface area contributed by atoms with Crippen molar-refractivity contribution in [2.24, 2.45) is 5.18 Å². The molecule has 0 radical (unpaired) electrons. The summed E-state index contributed by atoms with van der Waals surface area (Å²) in [5.41, 5.74) is 1.23. The number of H-pyrrole nitrogens is 1. The molecule has 0 fully saturated rings. The molecule has 122 valence electrons. The number of nitrogens with one attached hydrogen (secondary N) is 2. The summed E-state index contributed by atoms with van der Waals surface area (Å²) >= 11 is 0. The zero-order chi connectivity index (χ0) is 17.3. The lowest BCUT2D eigenvalue weighted by molar-refractivity contribution is -0.991. The molecule has 8 nitrogen and oxygen atoms in total. The summed E-state index contributed by atoms with van der Waals surface area (Å²) < 4.78 is 0. The van der Waals surface area contributed by atoms with Crippen LogP contribution in [0.1, 0.15) is 0 Å². The van der Waals surface area contributed by atoms with Gasteiger partial charge in [-0.15, -0.1) is 4.91 Å². The first kappa shape index (κ1) is 15.7. The van der Waals surface area contributed by atoms with Gasteiger partial charge in [0.2, 0.25) is 5.69 Å². The molecule has 2 aromatic carbocycles. The van der Waals surface area contributed by atoms with Crippen molar-refractivity contribution in [3.63, 3.8) is 0 Å². The summed E-state index contributed by atoms with van der Waals surface area (Å²) in [7, 11) is 0. The van der Waals surface area contributed by atoms with E-state index in [0.29, 0.717) is 16.7 Å². The quantitative estimate of drug-likeness (QED) is 0.285. The third kappa shape index (κ3) is 2.61. The Labute approximate surface area is 135 Å². The van der Waals surface area contributed by atoms with Crippen LogP contribution in [0.5, 0.6) is 11.6 Å². The molecule has 0 spiro atoms. The third-order valence-corrected chi connectivity index (χ3v) is 3.63. The first-order chi connectivity index (χ1) is 11.5. The Balaban J connectivity index is 2.28. The van der Waals surface area contributed by atoms with Gasteiger partial charge >= 0.3 is 0 Å². The van der Waals surface area contributed by atoms with Crippen molar-refractivity contribution < 1.29 is 20.6 Å². The number of hydrogen-bond acceptors (Lipinski definition) is 6. The summed E-state index contributed by atoms with van der Waals surface area (Å²) in [6.45, 7) is 0. The second-order valence-electron chi connectivity index (χ2n) is 5.07. The Morgan fingerprint density at radius 2 is 1.71 bits per heavy atom. The first-order valence-corrected chi connectivity index (χ1v) is 6.93. The second-order valence-corrected chi connectivity index (χ2v) is 5.07. The van der Waals surface area contributed by atoms with Gasteiger partial charge in [0.05, 0.1) is 5.56 Å². The Hall–Kier alpha value is -3.20. The highest BCUT2D eigenvalue weighted by Crippen LogP contribution is 2.45. The highest BCUT2D eigenvalue weighted by atomic mass is 16.8. The van der Waals surface area contributed by atoms with Gasteiger partial charge in [0.25, 0.3) is 0 Å². The van der Waals surface area contributed by atoms with E-state index in [9.17, 15) is 20.3 Å². The van der Waals surface area contributed by atoms with Gasteiger partial charge in [-0.05, 0) is 22.4 Å². The van der Waals surface area contributed by atoms with Crippen LogP contribution in [0, 0.1) is 10.1 Å². The summed E-state index contributed by atoms with van der Waals surface area (Å²) in [5, 5.41) is 41.8. The highest BCUT2D eigenvalue weighted by Gasteiger charge is 2.22. The molecular weight excluding hydrogens is 314 g/mol. The van der Waals surface area contributed by atoms with Crippen LogP contribution in [-0.4, -0.2) is 20.4 Å². The highest BCUT2D eigenvalue weighted by molar-refractivity contribution is 5.94. The van der Waals surface area contributed by atoms with Crippen LogP contribution in [0.25, 0.3) is 22.3 Å². The molecule has 1 unspecified atom stereocenters. The topological polar surface area (TPSA) is 133 Å². The van der Waals surface area contributed by atoms with Crippen LogP contribution in [0.15, 0.2) is 53.7 Å². The molecule has 0 aliphatic carbocycles. The molecule has 0 aliphatic heterocycles. The fraction of sp³-hybridized carbons (Fsp3) is 0. The van der Waals surface area contributed by atoms with Crippen molar-refractivity contribution in [2.45, 2.75) is 0 Å². The minimum absolute atomic E-state index is 0.0707. The van der Waals surface area contributed by atoms with Crippen LogP contribution >= 0.6 is 0 Å². The Morgan fingerprint density at radius 3 is 2.33 bits per heavy atom. The number of quaternary nitrogens is 1. The van der Waals surface area contributed by atoms with Crippen molar-refractivity contribution >= 4 is 11.5 Å². The lowest BCUT2D eigenvalue weighted by Crippen LogP contribution is -2.99. The molecule has 1 atom stereocenters. The molecule has 0 aliphatic rings. The van der Waals surface area contributed by atoms with E-state index in [0.717, 1.165) is 0 Å². The fourth-order valence-electron chi connectivity index (χ4n) is 2.57.